The fraction of sp³-hybridized carbons (Fsp3) is 0.312. The third-order valence-corrected chi connectivity index (χ3v) is 4.22. The van der Waals surface area contributed by atoms with E-state index >= 15 is 0 Å². The number of benzene rings is 1. The summed E-state index contributed by atoms with van der Waals surface area (Å²) in [6.45, 7) is 2.00. The molecule has 4 heteroatoms. The van der Waals surface area contributed by atoms with Gasteiger partial charge in [-0.3, -0.25) is 14.5 Å². The van der Waals surface area contributed by atoms with Crippen molar-refractivity contribution in [1.82, 2.24) is 4.90 Å². The van der Waals surface area contributed by atoms with Gasteiger partial charge in [-0.05, 0) is 38.3 Å². The van der Waals surface area contributed by atoms with Gasteiger partial charge in [0, 0.05) is 0 Å². The number of aldehydes is 1. The number of fused-ring (bicyclic) bond motifs is 1. The Kier molecular flexibility index (Phi) is 2.82. The van der Waals surface area contributed by atoms with E-state index in [1.807, 2.05) is 13.0 Å². The Morgan fingerprint density at radius 2 is 1.75 bits per heavy atom. The van der Waals surface area contributed by atoms with Gasteiger partial charge in [0.25, 0.3) is 11.8 Å². The molecule has 1 aliphatic carbocycles. The fourth-order valence-electron chi connectivity index (χ4n) is 2.93. The minimum absolute atomic E-state index is 0.356. The molecule has 0 fully saturated rings. The van der Waals surface area contributed by atoms with Crippen LogP contribution in [0.25, 0.3) is 0 Å². The number of rotatable bonds is 2. The Morgan fingerprint density at radius 1 is 1.15 bits per heavy atom. The molecular weight excluding hydrogens is 254 g/mol. The SMILES string of the molecule is CC1=CC[C@@](C=O)(N2C(=O)c3ccccc3C2=O)CC1. The van der Waals surface area contributed by atoms with Gasteiger partial charge >= 0.3 is 0 Å². The lowest BCUT2D eigenvalue weighted by molar-refractivity contribution is -0.116. The zero-order chi connectivity index (χ0) is 14.3. The molecule has 1 aromatic carbocycles. The number of hydrogen-bond donors (Lipinski definition) is 0. The average Bonchev–Trinajstić information content (AvgIpc) is 2.74. The van der Waals surface area contributed by atoms with Crippen molar-refractivity contribution >= 4 is 18.1 Å². The second kappa shape index (κ2) is 4.40. The summed E-state index contributed by atoms with van der Waals surface area (Å²) in [7, 11) is 0. The van der Waals surface area contributed by atoms with Gasteiger partial charge in [0.1, 0.15) is 11.8 Å². The zero-order valence-electron chi connectivity index (χ0n) is 11.3. The molecule has 1 heterocycles. The van der Waals surface area contributed by atoms with Gasteiger partial charge in [0.2, 0.25) is 0 Å². The largest absolute Gasteiger partial charge is 0.301 e. The first-order valence-electron chi connectivity index (χ1n) is 6.69. The fourth-order valence-corrected chi connectivity index (χ4v) is 2.93. The first kappa shape index (κ1) is 12.8. The van der Waals surface area contributed by atoms with Crippen LogP contribution in [0.1, 0.15) is 46.9 Å². The van der Waals surface area contributed by atoms with Crippen LogP contribution >= 0.6 is 0 Å². The number of hydrogen-bond acceptors (Lipinski definition) is 3. The van der Waals surface area contributed by atoms with Crippen LogP contribution in [-0.4, -0.2) is 28.5 Å². The molecule has 4 nitrogen and oxygen atoms in total. The Labute approximate surface area is 117 Å². The van der Waals surface area contributed by atoms with Gasteiger partial charge in [-0.25, -0.2) is 0 Å². The monoisotopic (exact) mass is 269 g/mol. The third kappa shape index (κ3) is 1.64. The van der Waals surface area contributed by atoms with Crippen molar-refractivity contribution in [3.63, 3.8) is 0 Å². The van der Waals surface area contributed by atoms with E-state index in [-0.39, 0.29) is 11.8 Å². The highest BCUT2D eigenvalue weighted by Gasteiger charge is 2.49. The molecule has 0 bridgehead atoms. The molecule has 20 heavy (non-hydrogen) atoms. The molecule has 1 atom stereocenters. The lowest BCUT2D eigenvalue weighted by atomic mass is 9.82. The molecule has 2 aliphatic rings. The van der Waals surface area contributed by atoms with Gasteiger partial charge in [0.15, 0.2) is 0 Å². The van der Waals surface area contributed by atoms with Crippen molar-refractivity contribution < 1.29 is 14.4 Å². The molecule has 2 amide bonds. The molecular formula is C16H15NO3. The van der Waals surface area contributed by atoms with Crippen LogP contribution in [0.3, 0.4) is 0 Å². The quantitative estimate of drug-likeness (QED) is 0.470. The summed E-state index contributed by atoms with van der Waals surface area (Å²) >= 11 is 0. The van der Waals surface area contributed by atoms with Crippen LogP contribution in [-0.2, 0) is 4.79 Å². The number of carbonyl (C=O) groups excluding carboxylic acids is 3. The van der Waals surface area contributed by atoms with E-state index in [2.05, 4.69) is 0 Å². The van der Waals surface area contributed by atoms with Crippen molar-refractivity contribution in [2.45, 2.75) is 31.7 Å². The second-order valence-corrected chi connectivity index (χ2v) is 5.47. The molecule has 1 aromatic rings. The predicted octanol–water partition coefficient (Wildman–Crippen LogP) is 2.35. The van der Waals surface area contributed by atoms with E-state index in [1.54, 1.807) is 24.3 Å². The summed E-state index contributed by atoms with van der Waals surface area (Å²) in [5.74, 6) is -0.712. The van der Waals surface area contributed by atoms with E-state index < -0.39 is 5.54 Å². The number of imide groups is 1. The first-order chi connectivity index (χ1) is 9.59. The van der Waals surface area contributed by atoms with Gasteiger partial charge in [-0.1, -0.05) is 23.8 Å². The van der Waals surface area contributed by atoms with Crippen molar-refractivity contribution in [2.24, 2.45) is 0 Å². The van der Waals surface area contributed by atoms with Crippen LogP contribution in [0, 0.1) is 0 Å². The molecule has 0 radical (unpaired) electrons. The minimum Gasteiger partial charge on any atom is -0.301 e. The van der Waals surface area contributed by atoms with E-state index in [4.69, 9.17) is 0 Å². The molecule has 1 aliphatic heterocycles. The van der Waals surface area contributed by atoms with Crippen LogP contribution in [0.4, 0.5) is 0 Å². The number of carbonyl (C=O) groups is 3. The number of allylic oxidation sites excluding steroid dienone is 1. The summed E-state index contributed by atoms with van der Waals surface area (Å²) in [4.78, 5) is 37.8. The van der Waals surface area contributed by atoms with Gasteiger partial charge in [0.05, 0.1) is 11.1 Å². The highest BCUT2D eigenvalue weighted by molar-refractivity contribution is 6.22. The van der Waals surface area contributed by atoms with Crippen molar-refractivity contribution in [2.75, 3.05) is 0 Å². The molecule has 0 saturated heterocycles. The number of amides is 2. The van der Waals surface area contributed by atoms with E-state index in [0.717, 1.165) is 17.6 Å². The molecule has 0 unspecified atom stereocenters. The Bertz CT molecular complexity index is 612. The normalized spacial score (nSPS) is 25.4. The van der Waals surface area contributed by atoms with Gasteiger partial charge in [-0.15, -0.1) is 0 Å². The lowest BCUT2D eigenvalue weighted by Crippen LogP contribution is -2.53. The summed E-state index contributed by atoms with van der Waals surface area (Å²) < 4.78 is 0. The highest BCUT2D eigenvalue weighted by atomic mass is 16.2. The summed E-state index contributed by atoms with van der Waals surface area (Å²) in [5, 5.41) is 0. The summed E-state index contributed by atoms with van der Waals surface area (Å²) in [6, 6.07) is 6.73. The maximum atomic E-state index is 12.5. The zero-order valence-corrected chi connectivity index (χ0v) is 11.3. The van der Waals surface area contributed by atoms with E-state index in [0.29, 0.717) is 24.0 Å². The molecule has 0 spiro atoms. The summed E-state index contributed by atoms with van der Waals surface area (Å²) in [5.41, 5.74) is 0.959. The molecule has 0 aromatic heterocycles. The molecule has 0 saturated carbocycles. The van der Waals surface area contributed by atoms with E-state index in [1.165, 1.54) is 5.57 Å². The van der Waals surface area contributed by atoms with Gasteiger partial charge < -0.3 is 4.79 Å². The topological polar surface area (TPSA) is 54.5 Å². The second-order valence-electron chi connectivity index (χ2n) is 5.47. The van der Waals surface area contributed by atoms with Crippen LogP contribution in [0.15, 0.2) is 35.9 Å². The summed E-state index contributed by atoms with van der Waals surface area (Å²) in [6.07, 6.45) is 4.35. The van der Waals surface area contributed by atoms with Crippen LogP contribution in [0.2, 0.25) is 0 Å². The Hall–Kier alpha value is -2.23. The van der Waals surface area contributed by atoms with E-state index in [9.17, 15) is 14.4 Å². The smallest absolute Gasteiger partial charge is 0.262 e. The average molecular weight is 269 g/mol. The van der Waals surface area contributed by atoms with Crippen molar-refractivity contribution in [1.29, 1.82) is 0 Å². The lowest BCUT2D eigenvalue weighted by Gasteiger charge is -2.37. The van der Waals surface area contributed by atoms with Crippen LogP contribution < -0.4 is 0 Å². The standard InChI is InChI=1S/C16H15NO3/c1-11-6-8-16(10-18,9-7-11)17-14(19)12-4-2-3-5-13(12)15(17)20/h2-6,10H,7-9H2,1H3/t16-/m1/s1. The van der Waals surface area contributed by atoms with Crippen molar-refractivity contribution in [3.8, 4) is 0 Å². The number of nitrogens with zero attached hydrogens (tertiary/aromatic N) is 1. The maximum Gasteiger partial charge on any atom is 0.262 e. The van der Waals surface area contributed by atoms with Gasteiger partial charge in [-0.2, -0.15) is 0 Å². The first-order valence-corrected chi connectivity index (χ1v) is 6.69. The Balaban J connectivity index is 2.06. The maximum absolute atomic E-state index is 12.5. The Morgan fingerprint density at radius 3 is 2.20 bits per heavy atom. The van der Waals surface area contributed by atoms with Crippen molar-refractivity contribution in [3.05, 3.63) is 47.0 Å². The molecule has 3 rings (SSSR count). The highest BCUT2D eigenvalue weighted by Crippen LogP contribution is 2.37. The van der Waals surface area contributed by atoms with Crippen LogP contribution in [0.5, 0.6) is 0 Å². The molecule has 102 valence electrons. The molecule has 0 N–H and O–H groups in total. The predicted molar refractivity (Wildman–Crippen MR) is 73.3 cm³/mol. The minimum atomic E-state index is -1.02. The third-order valence-electron chi connectivity index (χ3n) is 4.22.